The van der Waals surface area contributed by atoms with Crippen molar-refractivity contribution in [3.8, 4) is 5.75 Å². The molecule has 0 bridgehead atoms. The maximum Gasteiger partial charge on any atom is 0.301 e. The van der Waals surface area contributed by atoms with Crippen LogP contribution in [-0.4, -0.2) is 28.9 Å². The highest BCUT2D eigenvalue weighted by molar-refractivity contribution is 7.22. The van der Waals surface area contributed by atoms with Gasteiger partial charge in [-0.05, 0) is 41.8 Å². The molecule has 3 heterocycles. The topological polar surface area (TPSA) is 79.7 Å². The summed E-state index contributed by atoms with van der Waals surface area (Å²) in [6.45, 7) is 0. The number of ether oxygens (including phenoxy) is 1. The van der Waals surface area contributed by atoms with Gasteiger partial charge in [0.1, 0.15) is 28.9 Å². The van der Waals surface area contributed by atoms with Gasteiger partial charge in [0, 0.05) is 16.5 Å². The number of aliphatic hydroxyl groups is 1. The second-order valence-corrected chi connectivity index (χ2v) is 9.13. The quantitative estimate of drug-likeness (QED) is 0.243. The van der Waals surface area contributed by atoms with E-state index in [9.17, 15) is 23.5 Å². The van der Waals surface area contributed by atoms with Crippen molar-refractivity contribution in [1.29, 1.82) is 0 Å². The lowest BCUT2D eigenvalue weighted by molar-refractivity contribution is -0.132. The van der Waals surface area contributed by atoms with Crippen LogP contribution >= 0.6 is 22.7 Å². The van der Waals surface area contributed by atoms with Crippen LogP contribution in [0.4, 0.5) is 13.9 Å². The third-order valence-electron chi connectivity index (χ3n) is 5.23. The number of fused-ring (bicyclic) bond motifs is 1. The van der Waals surface area contributed by atoms with Crippen LogP contribution in [0.15, 0.2) is 59.5 Å². The molecule has 2 aromatic carbocycles. The van der Waals surface area contributed by atoms with E-state index >= 15 is 0 Å². The van der Waals surface area contributed by atoms with Crippen molar-refractivity contribution < 1.29 is 28.2 Å². The Morgan fingerprint density at radius 2 is 1.91 bits per heavy atom. The number of ketones is 1. The van der Waals surface area contributed by atoms with E-state index in [1.54, 1.807) is 41.8 Å². The maximum absolute atomic E-state index is 14.3. The molecule has 0 aliphatic carbocycles. The number of benzene rings is 2. The minimum Gasteiger partial charge on any atom is -0.507 e. The van der Waals surface area contributed by atoms with Crippen LogP contribution in [0.1, 0.15) is 16.5 Å². The first kappa shape index (κ1) is 21.2. The molecule has 4 aromatic rings. The predicted octanol–water partition coefficient (Wildman–Crippen LogP) is 5.27. The highest BCUT2D eigenvalue weighted by Gasteiger charge is 2.48. The van der Waals surface area contributed by atoms with E-state index in [1.807, 2.05) is 0 Å². The second-order valence-electron chi connectivity index (χ2n) is 7.14. The number of hydrogen-bond donors (Lipinski definition) is 1. The van der Waals surface area contributed by atoms with Crippen LogP contribution < -0.4 is 9.64 Å². The minimum atomic E-state index is -0.972. The van der Waals surface area contributed by atoms with Gasteiger partial charge in [0.05, 0.1) is 17.4 Å². The zero-order valence-electron chi connectivity index (χ0n) is 16.9. The number of halogens is 2. The Labute approximate surface area is 194 Å². The second kappa shape index (κ2) is 8.05. The van der Waals surface area contributed by atoms with E-state index in [-0.39, 0.29) is 26.7 Å². The van der Waals surface area contributed by atoms with E-state index in [0.29, 0.717) is 22.3 Å². The normalized spacial score (nSPS) is 17.8. The number of carbonyl (C=O) groups is 2. The first-order chi connectivity index (χ1) is 15.9. The average Bonchev–Trinajstić information content (AvgIpc) is 3.52. The van der Waals surface area contributed by atoms with E-state index in [4.69, 9.17) is 4.74 Å². The molecule has 1 fully saturated rings. The molecule has 5 rings (SSSR count). The molecule has 6 nitrogen and oxygen atoms in total. The molecule has 0 radical (unpaired) electrons. The van der Waals surface area contributed by atoms with Crippen molar-refractivity contribution in [3.63, 3.8) is 0 Å². The summed E-state index contributed by atoms with van der Waals surface area (Å²) in [6.07, 6.45) is 0. The van der Waals surface area contributed by atoms with E-state index in [2.05, 4.69) is 4.98 Å². The molecule has 0 saturated carbocycles. The molecule has 33 heavy (non-hydrogen) atoms. The van der Waals surface area contributed by atoms with Crippen molar-refractivity contribution in [2.45, 2.75) is 6.04 Å². The molecule has 1 N–H and O–H groups in total. The van der Waals surface area contributed by atoms with Crippen LogP contribution in [0.25, 0.3) is 16.0 Å². The highest BCUT2D eigenvalue weighted by atomic mass is 32.1. The number of Topliss-reactive ketones (excluding diaryl/α,β-unsaturated/α-hetero) is 1. The Bertz CT molecular complexity index is 1430. The van der Waals surface area contributed by atoms with E-state index in [1.165, 1.54) is 18.4 Å². The van der Waals surface area contributed by atoms with Gasteiger partial charge in [-0.1, -0.05) is 17.4 Å². The van der Waals surface area contributed by atoms with Crippen LogP contribution in [0.5, 0.6) is 5.75 Å². The molecule has 166 valence electrons. The molecule has 1 saturated heterocycles. The number of amides is 1. The van der Waals surface area contributed by atoms with Gasteiger partial charge in [0.25, 0.3) is 5.78 Å². The molecule has 10 heteroatoms. The lowest BCUT2D eigenvalue weighted by Crippen LogP contribution is -2.28. The number of hydrogen-bond acceptors (Lipinski definition) is 7. The van der Waals surface area contributed by atoms with Crippen molar-refractivity contribution in [2.24, 2.45) is 0 Å². The number of nitrogens with zero attached hydrogens (tertiary/aromatic N) is 2. The Balaban J connectivity index is 1.70. The first-order valence-electron chi connectivity index (χ1n) is 9.63. The van der Waals surface area contributed by atoms with Crippen LogP contribution in [0.2, 0.25) is 0 Å². The first-order valence-corrected chi connectivity index (χ1v) is 11.3. The number of carbonyl (C=O) groups excluding carboxylic acids is 2. The standard InChI is InChI=1S/C23H14F2N2O4S2/c1-31-13-6-4-11(5-7-13)20(28)17-19(15-3-2-8-32-15)27(22(30)21(17)29)23-26-18-14(25)9-12(24)10-16(18)33-23/h2-10,19,28H,1H3/b20-17+. The number of aromatic nitrogens is 1. The zero-order chi connectivity index (χ0) is 23.3. The number of thiophene rings is 1. The van der Waals surface area contributed by atoms with Gasteiger partial charge < -0.3 is 9.84 Å². The smallest absolute Gasteiger partial charge is 0.301 e. The Hall–Kier alpha value is -3.63. The summed E-state index contributed by atoms with van der Waals surface area (Å²) in [5.41, 5.74) is 0.115. The highest BCUT2D eigenvalue weighted by Crippen LogP contribution is 2.45. The maximum atomic E-state index is 14.3. The number of aliphatic hydroxyl groups excluding tert-OH is 1. The SMILES string of the molecule is COc1ccc(/C(O)=C2\C(=O)C(=O)N(c3nc4c(F)cc(F)cc4s3)C2c2cccs2)cc1. The molecular formula is C23H14F2N2O4S2. The third-order valence-corrected chi connectivity index (χ3v) is 7.15. The van der Waals surface area contributed by atoms with E-state index < -0.39 is 29.4 Å². The third kappa shape index (κ3) is 3.47. The van der Waals surface area contributed by atoms with Crippen molar-refractivity contribution in [3.05, 3.63) is 81.6 Å². The Kier molecular flexibility index (Phi) is 5.18. The van der Waals surface area contributed by atoms with Crippen LogP contribution in [0, 0.1) is 11.6 Å². The molecule has 1 atom stereocenters. The average molecular weight is 485 g/mol. The summed E-state index contributed by atoms with van der Waals surface area (Å²) in [5, 5.41) is 12.8. The van der Waals surface area contributed by atoms with Gasteiger partial charge in [-0.3, -0.25) is 14.5 Å². The molecule has 1 aliphatic heterocycles. The van der Waals surface area contributed by atoms with Gasteiger partial charge in [0.15, 0.2) is 10.9 Å². The monoisotopic (exact) mass is 484 g/mol. The number of methoxy groups -OCH3 is 1. The van der Waals surface area contributed by atoms with Crippen molar-refractivity contribution in [2.75, 3.05) is 12.0 Å². The van der Waals surface area contributed by atoms with Gasteiger partial charge in [0.2, 0.25) is 0 Å². The van der Waals surface area contributed by atoms with Gasteiger partial charge in [-0.15, -0.1) is 11.3 Å². The van der Waals surface area contributed by atoms with Crippen molar-refractivity contribution >= 4 is 55.5 Å². The van der Waals surface area contributed by atoms with Crippen LogP contribution in [-0.2, 0) is 9.59 Å². The summed E-state index contributed by atoms with van der Waals surface area (Å²) in [5.74, 6) is -3.24. The predicted molar refractivity (Wildman–Crippen MR) is 122 cm³/mol. The fourth-order valence-corrected chi connectivity index (χ4v) is 5.55. The van der Waals surface area contributed by atoms with Gasteiger partial charge >= 0.3 is 5.91 Å². The van der Waals surface area contributed by atoms with Crippen LogP contribution in [0.3, 0.4) is 0 Å². The molecule has 2 aromatic heterocycles. The summed E-state index contributed by atoms with van der Waals surface area (Å²) < 4.78 is 33.3. The molecular weight excluding hydrogens is 470 g/mol. The number of rotatable bonds is 4. The molecule has 1 unspecified atom stereocenters. The van der Waals surface area contributed by atoms with E-state index in [0.717, 1.165) is 22.3 Å². The zero-order valence-corrected chi connectivity index (χ0v) is 18.5. The Morgan fingerprint density at radius 3 is 2.58 bits per heavy atom. The lowest BCUT2D eigenvalue weighted by Gasteiger charge is -2.21. The lowest BCUT2D eigenvalue weighted by atomic mass is 10.00. The summed E-state index contributed by atoms with van der Waals surface area (Å²) in [7, 11) is 1.50. The number of anilines is 1. The molecule has 1 aliphatic rings. The van der Waals surface area contributed by atoms with Gasteiger partial charge in [-0.2, -0.15) is 0 Å². The Morgan fingerprint density at radius 1 is 1.15 bits per heavy atom. The summed E-state index contributed by atoms with van der Waals surface area (Å²) in [6, 6.07) is 10.7. The fraction of sp³-hybridized carbons (Fsp3) is 0.0870. The molecule has 0 spiro atoms. The number of thiazole rings is 1. The summed E-state index contributed by atoms with van der Waals surface area (Å²) >= 11 is 2.18. The minimum absolute atomic E-state index is 0.0313. The van der Waals surface area contributed by atoms with Crippen molar-refractivity contribution in [1.82, 2.24) is 4.98 Å². The summed E-state index contributed by atoms with van der Waals surface area (Å²) in [4.78, 5) is 32.1. The largest absolute Gasteiger partial charge is 0.507 e. The van der Waals surface area contributed by atoms with Gasteiger partial charge in [-0.25, -0.2) is 13.8 Å². The fourth-order valence-electron chi connectivity index (χ4n) is 3.70. The molecule has 1 amide bonds.